The van der Waals surface area contributed by atoms with Crippen molar-refractivity contribution < 1.29 is 9.18 Å². The maximum Gasteiger partial charge on any atom is 0.152 e. The summed E-state index contributed by atoms with van der Waals surface area (Å²) in [5.41, 5.74) is 0. The Bertz CT molecular complexity index is 158. The van der Waals surface area contributed by atoms with E-state index in [-0.39, 0.29) is 17.7 Å². The lowest BCUT2D eigenvalue weighted by Crippen LogP contribution is -2.33. The highest BCUT2D eigenvalue weighted by molar-refractivity contribution is 5.86. The van der Waals surface area contributed by atoms with Crippen molar-refractivity contribution >= 4 is 5.78 Å². The average molecular weight is 159 g/mol. The molecule has 1 unspecified atom stereocenters. The van der Waals surface area contributed by atoms with Crippen LogP contribution in [0.25, 0.3) is 0 Å². The molecule has 0 saturated carbocycles. The zero-order valence-electron chi connectivity index (χ0n) is 6.93. The van der Waals surface area contributed by atoms with Crippen LogP contribution in [0.2, 0.25) is 0 Å². The van der Waals surface area contributed by atoms with Crippen LogP contribution in [0.3, 0.4) is 0 Å². The molecule has 1 aliphatic heterocycles. The molecule has 0 radical (unpaired) electrons. The van der Waals surface area contributed by atoms with Crippen molar-refractivity contribution in [3.05, 3.63) is 0 Å². The Hall–Kier alpha value is -0.440. The standard InChI is InChI=1S/C8H14FNO/c1-5(2)8(11)7-3-6(9)4-10-7/h5-7,10H,3-4H2,1-2H3/t6?,7-/m0/s1. The van der Waals surface area contributed by atoms with Gasteiger partial charge in [0.25, 0.3) is 0 Å². The first-order valence-electron chi connectivity index (χ1n) is 4.02. The number of carbonyl (C=O) groups is 1. The van der Waals surface area contributed by atoms with Gasteiger partial charge in [0.2, 0.25) is 0 Å². The smallest absolute Gasteiger partial charge is 0.152 e. The highest BCUT2D eigenvalue weighted by atomic mass is 19.1. The summed E-state index contributed by atoms with van der Waals surface area (Å²) < 4.78 is 12.6. The van der Waals surface area contributed by atoms with Gasteiger partial charge in [-0.2, -0.15) is 0 Å². The lowest BCUT2D eigenvalue weighted by molar-refractivity contribution is -0.123. The van der Waals surface area contributed by atoms with Crippen LogP contribution in [-0.4, -0.2) is 24.5 Å². The van der Waals surface area contributed by atoms with Crippen molar-refractivity contribution in [1.29, 1.82) is 0 Å². The van der Waals surface area contributed by atoms with Crippen molar-refractivity contribution in [2.45, 2.75) is 32.5 Å². The number of nitrogens with one attached hydrogen (secondary N) is 1. The van der Waals surface area contributed by atoms with Gasteiger partial charge >= 0.3 is 0 Å². The van der Waals surface area contributed by atoms with Crippen molar-refractivity contribution in [2.75, 3.05) is 6.54 Å². The minimum Gasteiger partial charge on any atom is -0.304 e. The van der Waals surface area contributed by atoms with E-state index in [1.165, 1.54) is 0 Å². The first-order valence-corrected chi connectivity index (χ1v) is 4.02. The molecule has 1 fully saturated rings. The molecule has 1 heterocycles. The first kappa shape index (κ1) is 8.65. The molecule has 0 spiro atoms. The van der Waals surface area contributed by atoms with Gasteiger partial charge < -0.3 is 5.32 Å². The van der Waals surface area contributed by atoms with Crippen LogP contribution in [-0.2, 0) is 4.79 Å². The lowest BCUT2D eigenvalue weighted by Gasteiger charge is -2.10. The predicted octanol–water partition coefficient (Wildman–Crippen LogP) is 0.911. The third-order valence-corrected chi connectivity index (χ3v) is 1.99. The fourth-order valence-electron chi connectivity index (χ4n) is 1.31. The van der Waals surface area contributed by atoms with Crippen molar-refractivity contribution in [2.24, 2.45) is 5.92 Å². The van der Waals surface area contributed by atoms with Crippen molar-refractivity contribution in [3.8, 4) is 0 Å². The van der Waals surface area contributed by atoms with E-state index in [4.69, 9.17) is 0 Å². The van der Waals surface area contributed by atoms with E-state index in [0.717, 1.165) is 0 Å². The second kappa shape index (κ2) is 3.30. The number of alkyl halides is 1. The molecule has 1 aliphatic rings. The Balaban J connectivity index is 2.43. The first-order chi connectivity index (χ1) is 5.11. The topological polar surface area (TPSA) is 29.1 Å². The Morgan fingerprint density at radius 1 is 1.64 bits per heavy atom. The average Bonchev–Trinajstić information content (AvgIpc) is 2.34. The van der Waals surface area contributed by atoms with E-state index >= 15 is 0 Å². The molecule has 64 valence electrons. The summed E-state index contributed by atoms with van der Waals surface area (Å²) in [4.78, 5) is 11.3. The molecule has 0 aromatic heterocycles. The largest absolute Gasteiger partial charge is 0.304 e. The monoisotopic (exact) mass is 159 g/mol. The van der Waals surface area contributed by atoms with Gasteiger partial charge in [-0.1, -0.05) is 13.8 Å². The fourth-order valence-corrected chi connectivity index (χ4v) is 1.31. The molecule has 1 N–H and O–H groups in total. The summed E-state index contributed by atoms with van der Waals surface area (Å²) in [6.07, 6.45) is -0.473. The predicted molar refractivity (Wildman–Crippen MR) is 41.1 cm³/mol. The minimum absolute atomic E-state index is 0.0119. The Kier molecular flexibility index (Phi) is 2.60. The summed E-state index contributed by atoms with van der Waals surface area (Å²) in [6, 6.07) is -0.231. The van der Waals surface area contributed by atoms with Crippen LogP contribution in [0, 0.1) is 5.92 Å². The third-order valence-electron chi connectivity index (χ3n) is 1.99. The Labute approximate surface area is 66.2 Å². The minimum atomic E-state index is -0.831. The van der Waals surface area contributed by atoms with Gasteiger partial charge in [0.1, 0.15) is 6.17 Å². The molecule has 1 rings (SSSR count). The van der Waals surface area contributed by atoms with Crippen LogP contribution in [0.1, 0.15) is 20.3 Å². The molecule has 0 aromatic rings. The van der Waals surface area contributed by atoms with Crippen LogP contribution in [0.15, 0.2) is 0 Å². The zero-order valence-corrected chi connectivity index (χ0v) is 6.93. The highest BCUT2D eigenvalue weighted by Gasteiger charge is 2.29. The van der Waals surface area contributed by atoms with E-state index in [9.17, 15) is 9.18 Å². The van der Waals surface area contributed by atoms with Gasteiger partial charge in [-0.05, 0) is 0 Å². The van der Waals surface area contributed by atoms with Crippen LogP contribution >= 0.6 is 0 Å². The molecule has 0 aromatic carbocycles. The van der Waals surface area contributed by atoms with Gasteiger partial charge in [0.15, 0.2) is 5.78 Å². The molecule has 3 heteroatoms. The zero-order chi connectivity index (χ0) is 8.43. The third kappa shape index (κ3) is 1.99. The summed E-state index contributed by atoms with van der Waals surface area (Å²) in [5, 5.41) is 2.86. The van der Waals surface area contributed by atoms with Gasteiger partial charge in [-0.25, -0.2) is 4.39 Å². The highest BCUT2D eigenvalue weighted by Crippen LogP contribution is 2.13. The summed E-state index contributed by atoms with van der Waals surface area (Å²) in [5.74, 6) is 0.142. The van der Waals surface area contributed by atoms with E-state index in [2.05, 4.69) is 5.32 Å². The number of rotatable bonds is 2. The molecule has 0 bridgehead atoms. The maximum absolute atomic E-state index is 12.6. The van der Waals surface area contributed by atoms with E-state index in [1.54, 1.807) is 0 Å². The normalized spacial score (nSPS) is 31.3. The molecule has 1 saturated heterocycles. The van der Waals surface area contributed by atoms with Crippen LogP contribution in [0.4, 0.5) is 4.39 Å². The second-order valence-corrected chi connectivity index (χ2v) is 3.35. The molecular formula is C8H14FNO. The van der Waals surface area contributed by atoms with Gasteiger partial charge in [0, 0.05) is 18.9 Å². The van der Waals surface area contributed by atoms with E-state index < -0.39 is 6.17 Å². The second-order valence-electron chi connectivity index (χ2n) is 3.35. The van der Waals surface area contributed by atoms with Crippen LogP contribution in [0.5, 0.6) is 0 Å². The van der Waals surface area contributed by atoms with E-state index in [0.29, 0.717) is 13.0 Å². The van der Waals surface area contributed by atoms with Gasteiger partial charge in [0.05, 0.1) is 6.04 Å². The van der Waals surface area contributed by atoms with E-state index in [1.807, 2.05) is 13.8 Å². The molecule has 11 heavy (non-hydrogen) atoms. The molecule has 0 aliphatic carbocycles. The number of hydrogen-bond acceptors (Lipinski definition) is 2. The summed E-state index contributed by atoms with van der Waals surface area (Å²) in [7, 11) is 0. The number of hydrogen-bond donors (Lipinski definition) is 1. The molecule has 2 atom stereocenters. The SMILES string of the molecule is CC(C)C(=O)[C@@H]1CC(F)CN1. The molecule has 0 amide bonds. The van der Waals surface area contributed by atoms with Gasteiger partial charge in [-0.3, -0.25) is 4.79 Å². The maximum atomic E-state index is 12.6. The lowest BCUT2D eigenvalue weighted by atomic mass is 10.0. The van der Waals surface area contributed by atoms with Gasteiger partial charge in [-0.15, -0.1) is 0 Å². The van der Waals surface area contributed by atoms with Crippen molar-refractivity contribution in [1.82, 2.24) is 5.32 Å². The quantitative estimate of drug-likeness (QED) is 0.649. The fraction of sp³-hybridized carbons (Fsp3) is 0.875. The summed E-state index contributed by atoms with van der Waals surface area (Å²) in [6.45, 7) is 4.02. The number of carbonyl (C=O) groups excluding carboxylic acids is 1. The molecular weight excluding hydrogens is 145 g/mol. The van der Waals surface area contributed by atoms with Crippen LogP contribution < -0.4 is 5.32 Å². The number of halogens is 1. The summed E-state index contributed by atoms with van der Waals surface area (Å²) >= 11 is 0. The number of ketones is 1. The van der Waals surface area contributed by atoms with Crippen molar-refractivity contribution in [3.63, 3.8) is 0 Å². The number of Topliss-reactive ketones (excluding diaryl/α,β-unsaturated/α-hetero) is 1. The molecule has 2 nitrogen and oxygen atoms in total. The Morgan fingerprint density at radius 3 is 2.64 bits per heavy atom. The Morgan fingerprint density at radius 2 is 2.27 bits per heavy atom.